The van der Waals surface area contributed by atoms with E-state index < -0.39 is 0 Å². The highest BCUT2D eigenvalue weighted by Gasteiger charge is 2.19. The number of aryl methyl sites for hydroxylation is 1. The predicted molar refractivity (Wildman–Crippen MR) is 68.9 cm³/mol. The molecule has 1 aromatic rings. The first kappa shape index (κ1) is 13.6. The summed E-state index contributed by atoms with van der Waals surface area (Å²) in [7, 11) is 1.76. The van der Waals surface area contributed by atoms with Crippen LogP contribution in [-0.4, -0.2) is 25.2 Å². The standard InChI is InChI=1S/C12H22N2OS/c1-5-13-12(9(2)6-7-15-4)11-8-14-10(3)16-11/h8-9,12-13H,5-7H2,1-4H3. The van der Waals surface area contributed by atoms with E-state index in [9.17, 15) is 0 Å². The number of nitrogens with one attached hydrogen (secondary N) is 1. The molecule has 2 atom stereocenters. The zero-order valence-electron chi connectivity index (χ0n) is 10.6. The van der Waals surface area contributed by atoms with Crippen molar-refractivity contribution in [3.8, 4) is 0 Å². The Balaban J connectivity index is 2.66. The Morgan fingerprint density at radius 1 is 1.56 bits per heavy atom. The molecular weight excluding hydrogens is 220 g/mol. The molecule has 1 aromatic heterocycles. The zero-order valence-corrected chi connectivity index (χ0v) is 11.4. The molecule has 0 aliphatic carbocycles. The number of thiazole rings is 1. The fraction of sp³-hybridized carbons (Fsp3) is 0.750. The average molecular weight is 242 g/mol. The number of hydrogen-bond acceptors (Lipinski definition) is 4. The third-order valence-electron chi connectivity index (χ3n) is 2.72. The van der Waals surface area contributed by atoms with Gasteiger partial charge in [0.2, 0.25) is 0 Å². The highest BCUT2D eigenvalue weighted by atomic mass is 32.1. The summed E-state index contributed by atoms with van der Waals surface area (Å²) in [6, 6.07) is 0.409. The van der Waals surface area contributed by atoms with Crippen molar-refractivity contribution in [2.24, 2.45) is 5.92 Å². The third kappa shape index (κ3) is 3.85. The van der Waals surface area contributed by atoms with Gasteiger partial charge in [-0.25, -0.2) is 4.98 Å². The van der Waals surface area contributed by atoms with Gasteiger partial charge in [-0.05, 0) is 25.8 Å². The third-order valence-corrected chi connectivity index (χ3v) is 3.71. The van der Waals surface area contributed by atoms with Crippen molar-refractivity contribution in [3.05, 3.63) is 16.1 Å². The number of nitrogens with zero attached hydrogens (tertiary/aromatic N) is 1. The monoisotopic (exact) mass is 242 g/mol. The topological polar surface area (TPSA) is 34.2 Å². The number of methoxy groups -OCH3 is 1. The van der Waals surface area contributed by atoms with Gasteiger partial charge in [-0.1, -0.05) is 13.8 Å². The predicted octanol–water partition coefficient (Wildman–Crippen LogP) is 2.77. The van der Waals surface area contributed by atoms with Crippen LogP contribution in [-0.2, 0) is 4.74 Å². The van der Waals surface area contributed by atoms with Crippen molar-refractivity contribution in [3.63, 3.8) is 0 Å². The molecule has 0 saturated carbocycles. The number of rotatable bonds is 7. The lowest BCUT2D eigenvalue weighted by Gasteiger charge is -2.23. The molecule has 16 heavy (non-hydrogen) atoms. The first-order valence-electron chi connectivity index (χ1n) is 5.83. The van der Waals surface area contributed by atoms with E-state index in [0.717, 1.165) is 24.6 Å². The molecule has 1 N–H and O–H groups in total. The molecule has 0 radical (unpaired) electrons. The fourth-order valence-corrected chi connectivity index (χ4v) is 2.79. The van der Waals surface area contributed by atoms with E-state index >= 15 is 0 Å². The normalized spacial score (nSPS) is 15.0. The van der Waals surface area contributed by atoms with Crippen LogP contribution in [0.4, 0.5) is 0 Å². The maximum Gasteiger partial charge on any atom is 0.0897 e. The minimum atomic E-state index is 0.409. The Kier molecular flexibility index (Phi) is 5.95. The first-order chi connectivity index (χ1) is 7.69. The minimum Gasteiger partial charge on any atom is -0.385 e. The van der Waals surface area contributed by atoms with E-state index in [1.54, 1.807) is 18.4 Å². The summed E-state index contributed by atoms with van der Waals surface area (Å²) >= 11 is 1.78. The van der Waals surface area contributed by atoms with E-state index in [4.69, 9.17) is 4.74 Å². The maximum atomic E-state index is 5.14. The van der Waals surface area contributed by atoms with Crippen LogP contribution in [0.15, 0.2) is 6.20 Å². The largest absolute Gasteiger partial charge is 0.385 e. The molecule has 0 aromatic carbocycles. The molecule has 0 bridgehead atoms. The molecule has 1 heterocycles. The lowest BCUT2D eigenvalue weighted by atomic mass is 9.97. The Hall–Kier alpha value is -0.450. The Morgan fingerprint density at radius 3 is 2.81 bits per heavy atom. The summed E-state index contributed by atoms with van der Waals surface area (Å²) in [5.41, 5.74) is 0. The second kappa shape index (κ2) is 6.99. The molecule has 0 spiro atoms. The van der Waals surface area contributed by atoms with Crippen LogP contribution in [0.25, 0.3) is 0 Å². The SMILES string of the molecule is CCNC(c1cnc(C)s1)C(C)CCOC. The van der Waals surface area contributed by atoms with Gasteiger partial charge in [0, 0.05) is 30.8 Å². The van der Waals surface area contributed by atoms with Gasteiger partial charge in [0.25, 0.3) is 0 Å². The molecule has 0 amide bonds. The van der Waals surface area contributed by atoms with Crippen LogP contribution in [0.3, 0.4) is 0 Å². The summed E-state index contributed by atoms with van der Waals surface area (Å²) in [5, 5.41) is 4.67. The van der Waals surface area contributed by atoms with Gasteiger partial charge < -0.3 is 10.1 Å². The van der Waals surface area contributed by atoms with Crippen LogP contribution in [0.5, 0.6) is 0 Å². The molecular formula is C12H22N2OS. The molecule has 1 rings (SSSR count). The van der Waals surface area contributed by atoms with Crippen LogP contribution in [0.1, 0.15) is 36.2 Å². The summed E-state index contributed by atoms with van der Waals surface area (Å²) in [6.45, 7) is 8.27. The second-order valence-electron chi connectivity index (χ2n) is 4.08. The van der Waals surface area contributed by atoms with E-state index in [1.807, 2.05) is 6.20 Å². The van der Waals surface area contributed by atoms with Gasteiger partial charge >= 0.3 is 0 Å². The number of hydrogen-bond donors (Lipinski definition) is 1. The smallest absolute Gasteiger partial charge is 0.0897 e. The summed E-state index contributed by atoms with van der Waals surface area (Å²) in [6.07, 6.45) is 3.07. The lowest BCUT2D eigenvalue weighted by Crippen LogP contribution is -2.26. The number of ether oxygens (including phenoxy) is 1. The van der Waals surface area contributed by atoms with E-state index in [1.165, 1.54) is 4.88 Å². The van der Waals surface area contributed by atoms with Crippen molar-refractivity contribution in [2.45, 2.75) is 33.2 Å². The van der Waals surface area contributed by atoms with E-state index in [-0.39, 0.29) is 0 Å². The first-order valence-corrected chi connectivity index (χ1v) is 6.65. The molecule has 2 unspecified atom stereocenters. The Bertz CT molecular complexity index is 301. The average Bonchev–Trinajstić information content (AvgIpc) is 2.69. The molecule has 0 aliphatic rings. The molecule has 0 fully saturated rings. The van der Waals surface area contributed by atoms with Crippen LogP contribution >= 0.6 is 11.3 Å². The van der Waals surface area contributed by atoms with Crippen molar-refractivity contribution in [1.82, 2.24) is 10.3 Å². The van der Waals surface area contributed by atoms with Crippen molar-refractivity contribution in [1.29, 1.82) is 0 Å². The zero-order chi connectivity index (χ0) is 12.0. The van der Waals surface area contributed by atoms with Gasteiger partial charge in [-0.2, -0.15) is 0 Å². The number of aromatic nitrogens is 1. The van der Waals surface area contributed by atoms with Crippen molar-refractivity contribution >= 4 is 11.3 Å². The molecule has 4 heteroatoms. The minimum absolute atomic E-state index is 0.409. The van der Waals surface area contributed by atoms with Crippen LogP contribution in [0, 0.1) is 12.8 Å². The Morgan fingerprint density at radius 2 is 2.31 bits per heavy atom. The second-order valence-corrected chi connectivity index (χ2v) is 5.34. The molecule has 0 saturated heterocycles. The fourth-order valence-electron chi connectivity index (χ4n) is 1.79. The van der Waals surface area contributed by atoms with Gasteiger partial charge in [0.1, 0.15) is 0 Å². The molecule has 92 valence electrons. The van der Waals surface area contributed by atoms with Crippen LogP contribution in [0.2, 0.25) is 0 Å². The maximum absolute atomic E-state index is 5.14. The van der Waals surface area contributed by atoms with Gasteiger partial charge in [0.05, 0.1) is 5.01 Å². The summed E-state index contributed by atoms with van der Waals surface area (Å²) < 4.78 is 5.14. The van der Waals surface area contributed by atoms with E-state index in [0.29, 0.717) is 12.0 Å². The van der Waals surface area contributed by atoms with Gasteiger partial charge in [-0.3, -0.25) is 0 Å². The molecule has 3 nitrogen and oxygen atoms in total. The molecule has 0 aliphatic heterocycles. The van der Waals surface area contributed by atoms with E-state index in [2.05, 4.69) is 31.1 Å². The summed E-state index contributed by atoms with van der Waals surface area (Å²) in [4.78, 5) is 5.67. The highest BCUT2D eigenvalue weighted by molar-refractivity contribution is 7.11. The highest BCUT2D eigenvalue weighted by Crippen LogP contribution is 2.28. The Labute approximate surface area is 102 Å². The summed E-state index contributed by atoms with van der Waals surface area (Å²) in [5.74, 6) is 0.569. The lowest BCUT2D eigenvalue weighted by molar-refractivity contribution is 0.171. The van der Waals surface area contributed by atoms with Crippen molar-refractivity contribution in [2.75, 3.05) is 20.3 Å². The van der Waals surface area contributed by atoms with Gasteiger partial charge in [-0.15, -0.1) is 11.3 Å². The van der Waals surface area contributed by atoms with Gasteiger partial charge in [0.15, 0.2) is 0 Å². The van der Waals surface area contributed by atoms with Crippen molar-refractivity contribution < 1.29 is 4.74 Å². The van der Waals surface area contributed by atoms with Crippen LogP contribution < -0.4 is 5.32 Å². The quantitative estimate of drug-likeness (QED) is 0.798.